The number of carbonyl (C=O) groups is 1. The lowest BCUT2D eigenvalue weighted by Gasteiger charge is -2.11. The van der Waals surface area contributed by atoms with Gasteiger partial charge in [0.15, 0.2) is 0 Å². The highest BCUT2D eigenvalue weighted by Gasteiger charge is 2.15. The Morgan fingerprint density at radius 2 is 1.96 bits per heavy atom. The highest BCUT2D eigenvalue weighted by Crippen LogP contribution is 2.36. The van der Waals surface area contributed by atoms with Crippen LogP contribution in [-0.2, 0) is 0 Å². The molecule has 140 valence electrons. The molecule has 1 N–H and O–H groups in total. The Morgan fingerprint density at radius 3 is 2.71 bits per heavy atom. The number of para-hydroxylation sites is 1. The molecule has 7 heteroatoms. The Bertz CT molecular complexity index is 1160. The summed E-state index contributed by atoms with van der Waals surface area (Å²) >= 11 is 10.0. The van der Waals surface area contributed by atoms with Crippen LogP contribution in [0.1, 0.15) is 10.4 Å². The number of thiazole rings is 1. The van der Waals surface area contributed by atoms with Crippen LogP contribution in [0.4, 0.5) is 5.69 Å². The van der Waals surface area contributed by atoms with Crippen LogP contribution in [0.2, 0.25) is 5.02 Å². The summed E-state index contributed by atoms with van der Waals surface area (Å²) < 4.78 is 7.32. The van der Waals surface area contributed by atoms with Crippen molar-refractivity contribution in [2.45, 2.75) is 0 Å². The number of aromatic nitrogens is 1. The van der Waals surface area contributed by atoms with Crippen LogP contribution in [0.3, 0.4) is 0 Å². The van der Waals surface area contributed by atoms with Crippen molar-refractivity contribution in [3.8, 4) is 16.3 Å². The van der Waals surface area contributed by atoms with Crippen LogP contribution >= 0.6 is 45.5 Å². The highest BCUT2D eigenvalue weighted by atomic mass is 127. The number of nitrogens with zero attached hydrogens (tertiary/aromatic N) is 1. The van der Waals surface area contributed by atoms with Gasteiger partial charge in [0.2, 0.25) is 0 Å². The normalized spacial score (nSPS) is 10.8. The number of fused-ring (bicyclic) bond motifs is 1. The van der Waals surface area contributed by atoms with Gasteiger partial charge in [-0.2, -0.15) is 0 Å². The summed E-state index contributed by atoms with van der Waals surface area (Å²) in [7, 11) is 1.54. The zero-order chi connectivity index (χ0) is 19.7. The standard InChI is InChI=1S/C21H14ClIN2O2S/c1-27-18-9-6-12(10-15(18)22)20(26)24-16-8-7-13(23)11-14(16)21-25-17-4-2-3-5-19(17)28-21/h2-11H,1H3,(H,24,26). The maximum Gasteiger partial charge on any atom is 0.255 e. The first-order valence-corrected chi connectivity index (χ1v) is 10.6. The van der Waals surface area contributed by atoms with Crippen LogP contribution in [0.5, 0.6) is 5.75 Å². The fraction of sp³-hybridized carbons (Fsp3) is 0.0476. The fourth-order valence-electron chi connectivity index (χ4n) is 2.79. The molecule has 0 unspecified atom stereocenters. The number of amides is 1. The monoisotopic (exact) mass is 520 g/mol. The third kappa shape index (κ3) is 3.85. The molecule has 28 heavy (non-hydrogen) atoms. The average Bonchev–Trinajstić information content (AvgIpc) is 3.13. The van der Waals surface area contributed by atoms with Crippen LogP contribution in [-0.4, -0.2) is 18.0 Å². The molecule has 0 spiro atoms. The van der Waals surface area contributed by atoms with Gasteiger partial charge in [0.25, 0.3) is 5.91 Å². The van der Waals surface area contributed by atoms with Gasteiger partial charge in [0.05, 0.1) is 28.0 Å². The van der Waals surface area contributed by atoms with E-state index in [0.717, 1.165) is 24.4 Å². The number of benzene rings is 3. The number of carbonyl (C=O) groups excluding carboxylic acids is 1. The zero-order valence-corrected chi connectivity index (χ0v) is 18.4. The summed E-state index contributed by atoms with van der Waals surface area (Å²) in [6, 6.07) is 18.8. The summed E-state index contributed by atoms with van der Waals surface area (Å²) in [5.41, 5.74) is 3.00. The molecule has 0 aliphatic carbocycles. The number of halogens is 2. The maximum absolute atomic E-state index is 12.8. The van der Waals surface area contributed by atoms with E-state index >= 15 is 0 Å². The molecule has 0 bridgehead atoms. The van der Waals surface area contributed by atoms with E-state index in [4.69, 9.17) is 21.3 Å². The first-order valence-electron chi connectivity index (χ1n) is 8.35. The topological polar surface area (TPSA) is 51.2 Å². The first-order chi connectivity index (χ1) is 13.5. The number of anilines is 1. The quantitative estimate of drug-likeness (QED) is 0.313. The molecule has 4 aromatic rings. The summed E-state index contributed by atoms with van der Waals surface area (Å²) in [6.45, 7) is 0. The number of rotatable bonds is 4. The molecule has 1 heterocycles. The molecule has 0 saturated carbocycles. The van der Waals surface area contributed by atoms with Crippen molar-refractivity contribution in [2.24, 2.45) is 0 Å². The van der Waals surface area contributed by atoms with Gasteiger partial charge in [-0.15, -0.1) is 11.3 Å². The molecule has 4 rings (SSSR count). The Hall–Kier alpha value is -2.16. The van der Waals surface area contributed by atoms with Crippen LogP contribution in [0, 0.1) is 3.57 Å². The van der Waals surface area contributed by atoms with Gasteiger partial charge < -0.3 is 10.1 Å². The highest BCUT2D eigenvalue weighted by molar-refractivity contribution is 14.1. The van der Waals surface area contributed by atoms with Gasteiger partial charge in [-0.1, -0.05) is 23.7 Å². The van der Waals surface area contributed by atoms with Crippen LogP contribution in [0.25, 0.3) is 20.8 Å². The van der Waals surface area contributed by atoms with Gasteiger partial charge in [-0.25, -0.2) is 4.98 Å². The van der Waals surface area contributed by atoms with E-state index in [1.165, 1.54) is 7.11 Å². The molecule has 3 aromatic carbocycles. The summed E-state index contributed by atoms with van der Waals surface area (Å²) in [4.78, 5) is 17.5. The lowest BCUT2D eigenvalue weighted by Crippen LogP contribution is -2.12. The Balaban J connectivity index is 1.70. The fourth-order valence-corrected chi connectivity index (χ4v) is 4.54. The first kappa shape index (κ1) is 19.2. The Labute approximate surface area is 184 Å². The largest absolute Gasteiger partial charge is 0.495 e. The molecule has 0 radical (unpaired) electrons. The van der Waals surface area contributed by atoms with Crippen molar-refractivity contribution in [1.29, 1.82) is 0 Å². The number of hydrogen-bond acceptors (Lipinski definition) is 4. The summed E-state index contributed by atoms with van der Waals surface area (Å²) in [5.74, 6) is 0.288. The van der Waals surface area contributed by atoms with E-state index in [2.05, 4.69) is 27.9 Å². The molecule has 1 amide bonds. The number of nitrogens with one attached hydrogen (secondary N) is 1. The van der Waals surface area contributed by atoms with Crippen LogP contribution in [0.15, 0.2) is 60.7 Å². The molecule has 4 nitrogen and oxygen atoms in total. The molecule has 0 fully saturated rings. The van der Waals surface area contributed by atoms with Crippen molar-refractivity contribution in [3.63, 3.8) is 0 Å². The van der Waals surface area contributed by atoms with E-state index in [1.807, 2.05) is 42.5 Å². The molecular formula is C21H14ClIN2O2S. The molecular weight excluding hydrogens is 507 g/mol. The maximum atomic E-state index is 12.8. The van der Waals surface area contributed by atoms with Gasteiger partial charge >= 0.3 is 0 Å². The van der Waals surface area contributed by atoms with E-state index < -0.39 is 0 Å². The molecule has 0 atom stereocenters. The van der Waals surface area contributed by atoms with E-state index in [-0.39, 0.29) is 5.91 Å². The minimum absolute atomic E-state index is 0.242. The van der Waals surface area contributed by atoms with Gasteiger partial charge in [0, 0.05) is 14.7 Å². The van der Waals surface area contributed by atoms with Gasteiger partial charge in [-0.3, -0.25) is 4.79 Å². The zero-order valence-electron chi connectivity index (χ0n) is 14.7. The third-order valence-corrected chi connectivity index (χ3v) is 6.20. The lowest BCUT2D eigenvalue weighted by atomic mass is 10.1. The van der Waals surface area contributed by atoms with Gasteiger partial charge in [-0.05, 0) is 71.1 Å². The number of hydrogen-bond donors (Lipinski definition) is 1. The molecule has 0 saturated heterocycles. The van der Waals surface area contributed by atoms with Crippen molar-refractivity contribution in [3.05, 3.63) is 74.8 Å². The third-order valence-electron chi connectivity index (χ3n) is 4.17. The Morgan fingerprint density at radius 1 is 1.14 bits per heavy atom. The average molecular weight is 521 g/mol. The summed E-state index contributed by atoms with van der Waals surface area (Å²) in [6.07, 6.45) is 0. The van der Waals surface area contributed by atoms with Crippen molar-refractivity contribution in [1.82, 2.24) is 4.98 Å². The van der Waals surface area contributed by atoms with Crippen LogP contribution < -0.4 is 10.1 Å². The minimum Gasteiger partial charge on any atom is -0.495 e. The second-order valence-electron chi connectivity index (χ2n) is 5.98. The Kier molecular flexibility index (Phi) is 5.52. The van der Waals surface area contributed by atoms with E-state index in [9.17, 15) is 4.79 Å². The minimum atomic E-state index is -0.242. The molecule has 0 aliphatic rings. The molecule has 0 aliphatic heterocycles. The van der Waals surface area contributed by atoms with E-state index in [0.29, 0.717) is 22.0 Å². The lowest BCUT2D eigenvalue weighted by molar-refractivity contribution is 0.102. The number of methoxy groups -OCH3 is 1. The predicted molar refractivity (Wildman–Crippen MR) is 124 cm³/mol. The van der Waals surface area contributed by atoms with E-state index in [1.54, 1.807) is 29.5 Å². The number of ether oxygens (including phenoxy) is 1. The van der Waals surface area contributed by atoms with Crippen molar-refractivity contribution in [2.75, 3.05) is 12.4 Å². The summed E-state index contributed by atoms with van der Waals surface area (Å²) in [5, 5.41) is 4.24. The predicted octanol–water partition coefficient (Wildman–Crippen LogP) is 6.48. The van der Waals surface area contributed by atoms with Crippen molar-refractivity contribution < 1.29 is 9.53 Å². The second-order valence-corrected chi connectivity index (χ2v) is 8.66. The smallest absolute Gasteiger partial charge is 0.255 e. The SMILES string of the molecule is COc1ccc(C(=O)Nc2ccc(I)cc2-c2nc3ccccc3s2)cc1Cl. The van der Waals surface area contributed by atoms with Gasteiger partial charge in [0.1, 0.15) is 10.8 Å². The second kappa shape index (κ2) is 8.06. The molecule has 1 aromatic heterocycles. The van der Waals surface area contributed by atoms with Crippen molar-refractivity contribution >= 4 is 67.3 Å².